The van der Waals surface area contributed by atoms with Gasteiger partial charge in [-0.3, -0.25) is 9.69 Å². The second kappa shape index (κ2) is 8.74. The highest BCUT2D eigenvalue weighted by Gasteiger charge is 2.30. The molecule has 2 aliphatic rings. The number of benzene rings is 1. The lowest BCUT2D eigenvalue weighted by atomic mass is 9.87. The molecular formula is C19H27FN2O3. The van der Waals surface area contributed by atoms with E-state index in [1.807, 2.05) is 6.07 Å². The van der Waals surface area contributed by atoms with E-state index in [-0.39, 0.29) is 17.6 Å². The fourth-order valence-corrected chi connectivity index (χ4v) is 3.63. The topological polar surface area (TPSA) is 53.0 Å². The molecule has 6 heteroatoms. The molecule has 2 heterocycles. The molecule has 1 amide bonds. The molecule has 1 aromatic rings. The first kappa shape index (κ1) is 18.3. The summed E-state index contributed by atoms with van der Waals surface area (Å²) in [6.07, 6.45) is 1.10. The fraction of sp³-hybridized carbons (Fsp3) is 0.632. The van der Waals surface area contributed by atoms with Crippen LogP contribution in [-0.4, -0.2) is 72.9 Å². The molecule has 0 bridgehead atoms. The fourth-order valence-electron chi connectivity index (χ4n) is 3.63. The Labute approximate surface area is 148 Å². The van der Waals surface area contributed by atoms with Gasteiger partial charge in [-0.05, 0) is 30.4 Å². The lowest BCUT2D eigenvalue weighted by Crippen LogP contribution is -2.48. The molecule has 0 unspecified atom stereocenters. The summed E-state index contributed by atoms with van der Waals surface area (Å²) >= 11 is 0. The minimum atomic E-state index is -0.597. The van der Waals surface area contributed by atoms with E-state index in [9.17, 15) is 14.3 Å². The number of aliphatic hydroxyl groups is 1. The van der Waals surface area contributed by atoms with E-state index in [2.05, 4.69) is 4.90 Å². The maximum Gasteiger partial charge on any atom is 0.223 e. The normalized spacial score (nSPS) is 25.1. The van der Waals surface area contributed by atoms with Crippen molar-refractivity contribution in [1.29, 1.82) is 0 Å². The summed E-state index contributed by atoms with van der Waals surface area (Å²) in [5.41, 5.74) is 0.638. The largest absolute Gasteiger partial charge is 0.391 e. The van der Waals surface area contributed by atoms with Crippen LogP contribution in [0.2, 0.25) is 0 Å². The van der Waals surface area contributed by atoms with Crippen LogP contribution in [-0.2, 0) is 16.0 Å². The molecule has 1 N–H and O–H groups in total. The molecule has 2 atom stereocenters. The summed E-state index contributed by atoms with van der Waals surface area (Å²) in [6, 6.07) is 6.70. The molecule has 0 aromatic heterocycles. The van der Waals surface area contributed by atoms with Crippen LogP contribution in [0.15, 0.2) is 24.3 Å². The van der Waals surface area contributed by atoms with Gasteiger partial charge in [0, 0.05) is 39.1 Å². The highest BCUT2D eigenvalue weighted by molar-refractivity contribution is 5.76. The van der Waals surface area contributed by atoms with Crippen molar-refractivity contribution in [1.82, 2.24) is 9.80 Å². The van der Waals surface area contributed by atoms with E-state index < -0.39 is 6.10 Å². The number of carbonyl (C=O) groups excluding carboxylic acids is 1. The van der Waals surface area contributed by atoms with Crippen molar-refractivity contribution in [3.8, 4) is 0 Å². The zero-order chi connectivity index (χ0) is 17.6. The Kier molecular flexibility index (Phi) is 6.39. The average Bonchev–Trinajstić information content (AvgIpc) is 2.64. The number of carbonyl (C=O) groups is 1. The third-order valence-corrected chi connectivity index (χ3v) is 5.26. The SMILES string of the molecule is O=C(CCN1CCOCC1)N1CC[C@H](Cc2ccccc2F)[C@H](O)C1. The first-order chi connectivity index (χ1) is 12.1. The predicted octanol–water partition coefficient (Wildman–Crippen LogP) is 1.30. The van der Waals surface area contributed by atoms with Crippen LogP contribution in [0.1, 0.15) is 18.4 Å². The Balaban J connectivity index is 1.46. The number of nitrogens with zero attached hydrogens (tertiary/aromatic N) is 2. The van der Waals surface area contributed by atoms with Crippen LogP contribution < -0.4 is 0 Å². The number of morpholine rings is 1. The van der Waals surface area contributed by atoms with Crippen molar-refractivity contribution < 1.29 is 19.0 Å². The third-order valence-electron chi connectivity index (χ3n) is 5.26. The van der Waals surface area contributed by atoms with E-state index in [1.54, 1.807) is 17.0 Å². The molecule has 2 fully saturated rings. The second-order valence-electron chi connectivity index (χ2n) is 6.96. The predicted molar refractivity (Wildman–Crippen MR) is 92.7 cm³/mol. The van der Waals surface area contributed by atoms with E-state index >= 15 is 0 Å². The number of β-amino-alcohol motifs (C(OH)–C–C–N with tert-alkyl or cyclic N) is 1. The molecule has 3 rings (SSSR count). The first-order valence-electron chi connectivity index (χ1n) is 9.13. The molecule has 0 aliphatic carbocycles. The number of aliphatic hydroxyl groups excluding tert-OH is 1. The van der Waals surface area contributed by atoms with Crippen molar-refractivity contribution in [2.45, 2.75) is 25.4 Å². The van der Waals surface area contributed by atoms with Crippen molar-refractivity contribution >= 4 is 5.91 Å². The lowest BCUT2D eigenvalue weighted by Gasteiger charge is -2.36. The van der Waals surface area contributed by atoms with Crippen molar-refractivity contribution in [2.75, 3.05) is 45.9 Å². The Morgan fingerprint density at radius 3 is 2.72 bits per heavy atom. The van der Waals surface area contributed by atoms with Crippen LogP contribution in [0.4, 0.5) is 4.39 Å². The number of rotatable bonds is 5. The molecule has 2 saturated heterocycles. The third kappa shape index (κ3) is 5.00. The quantitative estimate of drug-likeness (QED) is 0.870. The molecule has 5 nitrogen and oxygen atoms in total. The summed E-state index contributed by atoms with van der Waals surface area (Å²) in [4.78, 5) is 16.4. The Morgan fingerprint density at radius 2 is 2.00 bits per heavy atom. The summed E-state index contributed by atoms with van der Waals surface area (Å²) < 4.78 is 19.1. The maximum atomic E-state index is 13.8. The summed E-state index contributed by atoms with van der Waals surface area (Å²) in [5.74, 6) is -0.131. The lowest BCUT2D eigenvalue weighted by molar-refractivity contribution is -0.136. The van der Waals surface area contributed by atoms with Crippen molar-refractivity contribution in [3.05, 3.63) is 35.6 Å². The van der Waals surface area contributed by atoms with Crippen LogP contribution >= 0.6 is 0 Å². The zero-order valence-corrected chi connectivity index (χ0v) is 14.6. The Morgan fingerprint density at radius 1 is 1.24 bits per heavy atom. The number of halogens is 1. The van der Waals surface area contributed by atoms with E-state index in [4.69, 9.17) is 4.74 Å². The van der Waals surface area contributed by atoms with Gasteiger partial charge < -0.3 is 14.7 Å². The minimum absolute atomic E-state index is 0.000179. The summed E-state index contributed by atoms with van der Waals surface area (Å²) in [6.45, 7) is 4.94. The van der Waals surface area contributed by atoms with Gasteiger partial charge >= 0.3 is 0 Å². The van der Waals surface area contributed by atoms with Gasteiger partial charge in [-0.25, -0.2) is 4.39 Å². The standard InChI is InChI=1S/C19H27FN2O3/c20-17-4-2-1-3-15(17)13-16-5-8-22(14-18(16)23)19(24)6-7-21-9-11-25-12-10-21/h1-4,16,18,23H,5-14H2/t16-,18-/m1/s1. The van der Waals surface area contributed by atoms with Gasteiger partial charge in [0.15, 0.2) is 0 Å². The van der Waals surface area contributed by atoms with Gasteiger partial charge in [0.1, 0.15) is 5.82 Å². The number of piperidine rings is 1. The molecule has 0 saturated carbocycles. The first-order valence-corrected chi connectivity index (χ1v) is 9.13. The van der Waals surface area contributed by atoms with Crippen LogP contribution in [0.5, 0.6) is 0 Å². The molecule has 0 radical (unpaired) electrons. The highest BCUT2D eigenvalue weighted by Crippen LogP contribution is 2.24. The average molecular weight is 350 g/mol. The van der Waals surface area contributed by atoms with Gasteiger partial charge in [0.25, 0.3) is 0 Å². The molecule has 2 aliphatic heterocycles. The van der Waals surface area contributed by atoms with E-state index in [0.717, 1.165) is 32.8 Å². The Bertz CT molecular complexity index is 578. The summed E-state index contributed by atoms with van der Waals surface area (Å²) in [5, 5.41) is 10.4. The zero-order valence-electron chi connectivity index (χ0n) is 14.6. The van der Waals surface area contributed by atoms with Crippen LogP contribution in [0, 0.1) is 11.7 Å². The second-order valence-corrected chi connectivity index (χ2v) is 6.96. The van der Waals surface area contributed by atoms with Gasteiger partial charge in [0.05, 0.1) is 19.3 Å². The number of likely N-dealkylation sites (tertiary alicyclic amines) is 1. The monoisotopic (exact) mass is 350 g/mol. The van der Waals surface area contributed by atoms with Crippen molar-refractivity contribution in [3.63, 3.8) is 0 Å². The van der Waals surface area contributed by atoms with E-state index in [1.165, 1.54) is 6.07 Å². The smallest absolute Gasteiger partial charge is 0.223 e. The molecule has 1 aromatic carbocycles. The number of ether oxygens (including phenoxy) is 1. The molecular weight excluding hydrogens is 323 g/mol. The van der Waals surface area contributed by atoms with Crippen LogP contribution in [0.3, 0.4) is 0 Å². The minimum Gasteiger partial charge on any atom is -0.391 e. The highest BCUT2D eigenvalue weighted by atomic mass is 19.1. The number of amides is 1. The van der Waals surface area contributed by atoms with Gasteiger partial charge in [0.2, 0.25) is 5.91 Å². The molecule has 25 heavy (non-hydrogen) atoms. The number of hydrogen-bond donors (Lipinski definition) is 1. The Hall–Kier alpha value is -1.50. The molecule has 138 valence electrons. The number of hydrogen-bond acceptors (Lipinski definition) is 4. The molecule has 0 spiro atoms. The van der Waals surface area contributed by atoms with Gasteiger partial charge in [-0.2, -0.15) is 0 Å². The maximum absolute atomic E-state index is 13.8. The van der Waals surface area contributed by atoms with Gasteiger partial charge in [-0.15, -0.1) is 0 Å². The van der Waals surface area contributed by atoms with Crippen LogP contribution in [0.25, 0.3) is 0 Å². The summed E-state index contributed by atoms with van der Waals surface area (Å²) in [7, 11) is 0. The van der Waals surface area contributed by atoms with Gasteiger partial charge in [-0.1, -0.05) is 18.2 Å². The van der Waals surface area contributed by atoms with E-state index in [0.29, 0.717) is 37.9 Å². The van der Waals surface area contributed by atoms with Crippen molar-refractivity contribution in [2.24, 2.45) is 5.92 Å².